The molecule has 132 valence electrons. The van der Waals surface area contributed by atoms with Gasteiger partial charge in [0.25, 0.3) is 5.91 Å². The minimum absolute atomic E-state index is 0.0567. The first kappa shape index (κ1) is 16.6. The van der Waals surface area contributed by atoms with Gasteiger partial charge in [-0.15, -0.1) is 0 Å². The van der Waals surface area contributed by atoms with E-state index in [0.717, 1.165) is 25.1 Å². The Morgan fingerprint density at radius 2 is 1.84 bits per heavy atom. The number of aryl methyl sites for hydroxylation is 1. The number of piperidine rings is 1. The maximum atomic E-state index is 13.3. The highest BCUT2D eigenvalue weighted by Gasteiger charge is 2.37. The molecule has 0 bridgehead atoms. The van der Waals surface area contributed by atoms with Crippen LogP contribution in [-0.2, 0) is 0 Å². The van der Waals surface area contributed by atoms with Crippen LogP contribution in [0.3, 0.4) is 0 Å². The summed E-state index contributed by atoms with van der Waals surface area (Å²) in [5.74, 6) is 0.719. The molecule has 2 heterocycles. The predicted molar refractivity (Wildman–Crippen MR) is 99.3 cm³/mol. The third kappa shape index (κ3) is 2.97. The first-order valence-corrected chi connectivity index (χ1v) is 9.66. The second kappa shape index (κ2) is 6.83. The normalized spacial score (nSPS) is 23.4. The fraction of sp³-hybridized carbons (Fsp3) is 0.500. The molecule has 5 heteroatoms. The molecule has 0 N–H and O–H groups in total. The van der Waals surface area contributed by atoms with E-state index in [-0.39, 0.29) is 5.91 Å². The number of hydrogen-bond donors (Lipinski definition) is 0. The zero-order valence-electron chi connectivity index (χ0n) is 14.6. The number of likely N-dealkylation sites (tertiary alicyclic amines) is 1. The first-order chi connectivity index (χ1) is 12.2. The largest absolute Gasteiger partial charge is 0.335 e. The highest BCUT2D eigenvalue weighted by molar-refractivity contribution is 6.33. The molecular weight excluding hydrogens is 334 g/mol. The molecule has 2 atom stereocenters. The topological polar surface area (TPSA) is 38.1 Å². The van der Waals surface area contributed by atoms with Gasteiger partial charge in [0.15, 0.2) is 0 Å². The van der Waals surface area contributed by atoms with Crippen LogP contribution in [0.5, 0.6) is 0 Å². The number of carbonyl (C=O) groups excluding carboxylic acids is 1. The molecular formula is C20H24ClN3O. The van der Waals surface area contributed by atoms with E-state index in [1.807, 2.05) is 37.3 Å². The molecule has 1 saturated heterocycles. The third-order valence-corrected chi connectivity index (χ3v) is 6.07. The second-order valence-corrected chi connectivity index (χ2v) is 7.61. The van der Waals surface area contributed by atoms with E-state index in [2.05, 4.69) is 10.00 Å². The van der Waals surface area contributed by atoms with Gasteiger partial charge in [-0.05, 0) is 50.7 Å². The molecule has 2 aromatic rings. The van der Waals surface area contributed by atoms with Crippen LogP contribution in [0.25, 0.3) is 5.69 Å². The van der Waals surface area contributed by atoms with Gasteiger partial charge in [0, 0.05) is 12.6 Å². The fourth-order valence-electron chi connectivity index (χ4n) is 4.50. The van der Waals surface area contributed by atoms with E-state index in [1.54, 1.807) is 4.68 Å². The minimum Gasteiger partial charge on any atom is -0.335 e. The summed E-state index contributed by atoms with van der Waals surface area (Å²) in [7, 11) is 0. The Bertz CT molecular complexity index is 769. The molecule has 1 saturated carbocycles. The lowest BCUT2D eigenvalue weighted by atomic mass is 9.78. The van der Waals surface area contributed by atoms with E-state index in [4.69, 9.17) is 11.6 Å². The van der Waals surface area contributed by atoms with E-state index in [9.17, 15) is 4.79 Å². The van der Waals surface area contributed by atoms with Crippen LogP contribution in [0.4, 0.5) is 0 Å². The summed E-state index contributed by atoms with van der Waals surface area (Å²) in [6, 6.07) is 10.1. The molecule has 2 aliphatic rings. The van der Waals surface area contributed by atoms with Crippen LogP contribution < -0.4 is 0 Å². The Balaban J connectivity index is 1.67. The number of aromatic nitrogens is 2. The van der Waals surface area contributed by atoms with Crippen molar-refractivity contribution in [1.82, 2.24) is 14.7 Å². The maximum absolute atomic E-state index is 13.3. The lowest BCUT2D eigenvalue weighted by Crippen LogP contribution is -2.49. The number of hydrogen-bond acceptors (Lipinski definition) is 2. The highest BCUT2D eigenvalue weighted by atomic mass is 35.5. The van der Waals surface area contributed by atoms with Crippen molar-refractivity contribution in [3.8, 4) is 5.69 Å². The summed E-state index contributed by atoms with van der Waals surface area (Å²) in [6.45, 7) is 2.72. The average molecular weight is 358 g/mol. The van der Waals surface area contributed by atoms with E-state index in [1.165, 1.54) is 25.7 Å². The Morgan fingerprint density at radius 1 is 1.12 bits per heavy atom. The second-order valence-electron chi connectivity index (χ2n) is 7.25. The van der Waals surface area contributed by atoms with Crippen molar-refractivity contribution in [1.29, 1.82) is 0 Å². The molecule has 2 unspecified atom stereocenters. The summed E-state index contributed by atoms with van der Waals surface area (Å²) in [6.07, 6.45) is 7.25. The molecule has 25 heavy (non-hydrogen) atoms. The monoisotopic (exact) mass is 357 g/mol. The molecule has 2 fully saturated rings. The van der Waals surface area contributed by atoms with Crippen molar-refractivity contribution in [3.63, 3.8) is 0 Å². The Hall–Kier alpha value is -1.81. The minimum atomic E-state index is 0.0567. The van der Waals surface area contributed by atoms with Crippen molar-refractivity contribution < 1.29 is 4.79 Å². The number of para-hydroxylation sites is 1. The standard InChI is InChI=1S/C20H24ClN3O/c1-14-18(19(21)24(22-14)16-10-3-2-4-11-16)20(25)23-13-7-9-15-8-5-6-12-17(15)23/h2-4,10-11,15,17H,5-9,12-13H2,1H3. The van der Waals surface area contributed by atoms with Crippen molar-refractivity contribution >= 4 is 17.5 Å². The number of carbonyl (C=O) groups is 1. The van der Waals surface area contributed by atoms with Crippen molar-refractivity contribution in [3.05, 3.63) is 46.7 Å². The van der Waals surface area contributed by atoms with Gasteiger partial charge in [-0.3, -0.25) is 4.79 Å². The van der Waals surface area contributed by atoms with E-state index < -0.39 is 0 Å². The molecule has 4 rings (SSSR count). The quantitative estimate of drug-likeness (QED) is 0.786. The predicted octanol–water partition coefficient (Wildman–Crippen LogP) is 4.63. The van der Waals surface area contributed by atoms with Gasteiger partial charge in [0.1, 0.15) is 5.15 Å². The molecule has 0 radical (unpaired) electrons. The molecule has 1 amide bonds. The number of benzene rings is 1. The summed E-state index contributed by atoms with van der Waals surface area (Å²) in [4.78, 5) is 15.4. The van der Waals surface area contributed by atoms with Crippen molar-refractivity contribution in [2.45, 2.75) is 51.5 Å². The number of nitrogens with zero attached hydrogens (tertiary/aromatic N) is 3. The summed E-state index contributed by atoms with van der Waals surface area (Å²) in [5, 5.41) is 4.96. The van der Waals surface area contributed by atoms with Gasteiger partial charge < -0.3 is 4.90 Å². The molecule has 1 aliphatic carbocycles. The van der Waals surface area contributed by atoms with Crippen LogP contribution in [0, 0.1) is 12.8 Å². The van der Waals surface area contributed by atoms with Gasteiger partial charge in [0.2, 0.25) is 0 Å². The van der Waals surface area contributed by atoms with E-state index in [0.29, 0.717) is 28.4 Å². The molecule has 1 aliphatic heterocycles. The lowest BCUT2D eigenvalue weighted by Gasteiger charge is -2.44. The van der Waals surface area contributed by atoms with Gasteiger partial charge in [-0.1, -0.05) is 42.6 Å². The van der Waals surface area contributed by atoms with Gasteiger partial charge in [0.05, 0.1) is 16.9 Å². The van der Waals surface area contributed by atoms with E-state index >= 15 is 0 Å². The lowest BCUT2D eigenvalue weighted by molar-refractivity contribution is 0.0390. The number of fused-ring (bicyclic) bond motifs is 1. The Labute approximate surface area is 153 Å². The maximum Gasteiger partial charge on any atom is 0.259 e. The number of rotatable bonds is 2. The third-order valence-electron chi connectivity index (χ3n) is 5.72. The highest BCUT2D eigenvalue weighted by Crippen LogP contribution is 2.37. The van der Waals surface area contributed by atoms with Crippen LogP contribution in [0.15, 0.2) is 30.3 Å². The average Bonchev–Trinajstić information content (AvgIpc) is 2.96. The summed E-state index contributed by atoms with van der Waals surface area (Å²) < 4.78 is 1.67. The smallest absolute Gasteiger partial charge is 0.259 e. The number of amides is 1. The molecule has 4 nitrogen and oxygen atoms in total. The molecule has 1 aromatic carbocycles. The van der Waals surface area contributed by atoms with Crippen LogP contribution in [0.1, 0.15) is 54.6 Å². The zero-order valence-corrected chi connectivity index (χ0v) is 15.4. The first-order valence-electron chi connectivity index (χ1n) is 9.28. The zero-order chi connectivity index (χ0) is 17.4. The van der Waals surface area contributed by atoms with Crippen LogP contribution in [0.2, 0.25) is 5.15 Å². The molecule has 1 aromatic heterocycles. The van der Waals surface area contributed by atoms with Gasteiger partial charge in [-0.25, -0.2) is 4.68 Å². The Kier molecular flexibility index (Phi) is 4.55. The van der Waals surface area contributed by atoms with Crippen LogP contribution in [-0.4, -0.2) is 33.2 Å². The van der Waals surface area contributed by atoms with Gasteiger partial charge >= 0.3 is 0 Å². The van der Waals surface area contributed by atoms with Crippen molar-refractivity contribution in [2.24, 2.45) is 5.92 Å². The van der Waals surface area contributed by atoms with Gasteiger partial charge in [-0.2, -0.15) is 5.10 Å². The Morgan fingerprint density at radius 3 is 2.64 bits per heavy atom. The van der Waals surface area contributed by atoms with Crippen molar-refractivity contribution in [2.75, 3.05) is 6.54 Å². The van der Waals surface area contributed by atoms with Crippen LogP contribution >= 0.6 is 11.6 Å². The summed E-state index contributed by atoms with van der Waals surface area (Å²) >= 11 is 6.61. The SMILES string of the molecule is Cc1nn(-c2ccccc2)c(Cl)c1C(=O)N1CCCC2CCCCC21. The summed E-state index contributed by atoms with van der Waals surface area (Å²) in [5.41, 5.74) is 2.15. The molecule has 0 spiro atoms. The fourth-order valence-corrected chi connectivity index (χ4v) is 4.86. The number of halogens is 1.